The summed E-state index contributed by atoms with van der Waals surface area (Å²) < 4.78 is 5.76. The Labute approximate surface area is 150 Å². The number of benzene rings is 3. The molecule has 2 N–H and O–H groups in total. The van der Waals surface area contributed by atoms with Crippen LogP contribution in [0.1, 0.15) is 15.9 Å². The van der Waals surface area contributed by atoms with Gasteiger partial charge in [0.15, 0.2) is 0 Å². The molecule has 5 nitrogen and oxygen atoms in total. The van der Waals surface area contributed by atoms with Crippen molar-refractivity contribution in [2.45, 2.75) is 6.42 Å². The maximum atomic E-state index is 12.3. The molecule has 0 atom stereocenters. The lowest BCUT2D eigenvalue weighted by molar-refractivity contribution is -0.115. The minimum Gasteiger partial charge on any atom is -0.478 e. The van der Waals surface area contributed by atoms with E-state index >= 15 is 0 Å². The van der Waals surface area contributed by atoms with Crippen molar-refractivity contribution in [2.24, 2.45) is 0 Å². The van der Waals surface area contributed by atoms with E-state index in [9.17, 15) is 14.7 Å². The Kier molecular flexibility index (Phi) is 5.29. The first kappa shape index (κ1) is 17.2. The fourth-order valence-electron chi connectivity index (χ4n) is 2.50. The third-order valence-corrected chi connectivity index (χ3v) is 3.67. The van der Waals surface area contributed by atoms with Gasteiger partial charge in [0.2, 0.25) is 5.91 Å². The molecule has 0 aliphatic rings. The van der Waals surface area contributed by atoms with Crippen LogP contribution in [0.5, 0.6) is 11.5 Å². The molecule has 1 amide bonds. The van der Waals surface area contributed by atoms with E-state index in [1.165, 1.54) is 6.07 Å². The summed E-state index contributed by atoms with van der Waals surface area (Å²) in [6.45, 7) is 0. The van der Waals surface area contributed by atoms with E-state index in [0.29, 0.717) is 11.5 Å². The molecule has 3 aromatic carbocycles. The number of para-hydroxylation sites is 2. The number of hydrogen-bond acceptors (Lipinski definition) is 3. The van der Waals surface area contributed by atoms with Crippen molar-refractivity contribution in [3.05, 3.63) is 90.0 Å². The third-order valence-electron chi connectivity index (χ3n) is 3.67. The summed E-state index contributed by atoms with van der Waals surface area (Å²) in [5.74, 6) is -0.0355. The monoisotopic (exact) mass is 347 g/mol. The van der Waals surface area contributed by atoms with Crippen molar-refractivity contribution in [2.75, 3.05) is 5.32 Å². The van der Waals surface area contributed by atoms with Gasteiger partial charge in [-0.15, -0.1) is 0 Å². The van der Waals surface area contributed by atoms with Gasteiger partial charge in [0, 0.05) is 0 Å². The molecule has 0 spiro atoms. The smallest absolute Gasteiger partial charge is 0.337 e. The number of aromatic carboxylic acids is 1. The highest BCUT2D eigenvalue weighted by atomic mass is 16.5. The highest BCUT2D eigenvalue weighted by Gasteiger charge is 2.12. The van der Waals surface area contributed by atoms with Crippen LogP contribution in [-0.4, -0.2) is 17.0 Å². The van der Waals surface area contributed by atoms with Crippen molar-refractivity contribution >= 4 is 17.6 Å². The molecule has 0 aromatic heterocycles. The van der Waals surface area contributed by atoms with Crippen LogP contribution in [0.15, 0.2) is 78.9 Å². The van der Waals surface area contributed by atoms with Gasteiger partial charge in [-0.1, -0.05) is 42.5 Å². The van der Waals surface area contributed by atoms with Crippen molar-refractivity contribution < 1.29 is 19.4 Å². The predicted molar refractivity (Wildman–Crippen MR) is 98.7 cm³/mol. The summed E-state index contributed by atoms with van der Waals surface area (Å²) in [4.78, 5) is 23.5. The number of carbonyl (C=O) groups is 2. The van der Waals surface area contributed by atoms with Crippen molar-refractivity contribution in [1.29, 1.82) is 0 Å². The first-order valence-electron chi connectivity index (χ1n) is 8.06. The van der Waals surface area contributed by atoms with Crippen LogP contribution in [0.2, 0.25) is 0 Å². The molecule has 0 saturated carbocycles. The number of anilines is 1. The van der Waals surface area contributed by atoms with Crippen molar-refractivity contribution in [3.8, 4) is 11.5 Å². The van der Waals surface area contributed by atoms with Gasteiger partial charge >= 0.3 is 5.97 Å². The standard InChI is InChI=1S/C21H17NO4/c23-20(22-19-12-5-4-11-18(19)21(24)25)14-15-7-6-10-17(13-15)26-16-8-2-1-3-9-16/h1-13H,14H2,(H,22,23)(H,24,25). The van der Waals surface area contributed by atoms with Gasteiger partial charge in [-0.2, -0.15) is 0 Å². The second-order valence-electron chi connectivity index (χ2n) is 5.64. The van der Waals surface area contributed by atoms with Crippen molar-refractivity contribution in [3.63, 3.8) is 0 Å². The summed E-state index contributed by atoms with van der Waals surface area (Å²) in [5.41, 5.74) is 1.10. The van der Waals surface area contributed by atoms with Gasteiger partial charge in [0.05, 0.1) is 17.7 Å². The molecule has 0 aliphatic heterocycles. The summed E-state index contributed by atoms with van der Waals surface area (Å²) in [7, 11) is 0. The van der Waals surface area contributed by atoms with Crippen LogP contribution in [0.4, 0.5) is 5.69 Å². The van der Waals surface area contributed by atoms with Gasteiger partial charge < -0.3 is 15.2 Å². The molecule has 0 heterocycles. The Balaban J connectivity index is 1.68. The second-order valence-corrected chi connectivity index (χ2v) is 5.64. The third kappa shape index (κ3) is 4.48. The van der Waals surface area contributed by atoms with Crippen molar-refractivity contribution in [1.82, 2.24) is 0 Å². The average Bonchev–Trinajstić information content (AvgIpc) is 2.63. The maximum absolute atomic E-state index is 12.3. The first-order valence-corrected chi connectivity index (χ1v) is 8.06. The number of carboxylic acids is 1. The number of carboxylic acid groups (broad SMARTS) is 1. The number of rotatable bonds is 6. The second kappa shape index (κ2) is 7.98. The lowest BCUT2D eigenvalue weighted by Crippen LogP contribution is -2.16. The molecule has 0 radical (unpaired) electrons. The van der Waals surface area contributed by atoms with Crippen LogP contribution in [0, 0.1) is 0 Å². The van der Waals surface area contributed by atoms with Gasteiger partial charge in [-0.05, 0) is 42.0 Å². The number of ether oxygens (including phenoxy) is 1. The molecule has 0 unspecified atom stereocenters. The molecular weight excluding hydrogens is 330 g/mol. The number of hydrogen-bond donors (Lipinski definition) is 2. The van der Waals surface area contributed by atoms with E-state index in [0.717, 1.165) is 5.56 Å². The van der Waals surface area contributed by atoms with E-state index in [2.05, 4.69) is 5.32 Å². The summed E-state index contributed by atoms with van der Waals surface area (Å²) in [6, 6.07) is 22.9. The van der Waals surface area contributed by atoms with Crippen LogP contribution in [0.25, 0.3) is 0 Å². The zero-order chi connectivity index (χ0) is 18.4. The fourth-order valence-corrected chi connectivity index (χ4v) is 2.50. The molecule has 3 rings (SSSR count). The van der Waals surface area contributed by atoms with Crippen LogP contribution in [0.3, 0.4) is 0 Å². The number of nitrogens with one attached hydrogen (secondary N) is 1. The Hall–Kier alpha value is -3.60. The Morgan fingerprint density at radius 3 is 2.31 bits per heavy atom. The van der Waals surface area contributed by atoms with Gasteiger partial charge in [0.1, 0.15) is 11.5 Å². The summed E-state index contributed by atoms with van der Waals surface area (Å²) in [6.07, 6.45) is 0.111. The molecule has 0 bridgehead atoms. The fraction of sp³-hybridized carbons (Fsp3) is 0.0476. The van der Waals surface area contributed by atoms with Crippen LogP contribution in [-0.2, 0) is 11.2 Å². The first-order chi connectivity index (χ1) is 12.6. The predicted octanol–water partition coefficient (Wildman–Crippen LogP) is 4.36. The Bertz CT molecular complexity index is 922. The van der Waals surface area contributed by atoms with E-state index in [1.54, 1.807) is 24.3 Å². The molecule has 0 saturated heterocycles. The van der Waals surface area contributed by atoms with E-state index in [-0.39, 0.29) is 23.6 Å². The van der Waals surface area contributed by atoms with Crippen LogP contribution >= 0.6 is 0 Å². The lowest BCUT2D eigenvalue weighted by atomic mass is 10.1. The quantitative estimate of drug-likeness (QED) is 0.695. The maximum Gasteiger partial charge on any atom is 0.337 e. The number of carbonyl (C=O) groups excluding carboxylic acids is 1. The minimum atomic E-state index is -1.08. The lowest BCUT2D eigenvalue weighted by Gasteiger charge is -2.10. The SMILES string of the molecule is O=C(Cc1cccc(Oc2ccccc2)c1)Nc1ccccc1C(=O)O. The highest BCUT2D eigenvalue weighted by Crippen LogP contribution is 2.22. The molecule has 0 fully saturated rings. The average molecular weight is 347 g/mol. The Morgan fingerprint density at radius 1 is 0.846 bits per heavy atom. The van der Waals surface area contributed by atoms with E-state index in [1.807, 2.05) is 48.5 Å². The molecule has 0 aliphatic carbocycles. The molecule has 3 aromatic rings. The number of amides is 1. The zero-order valence-electron chi connectivity index (χ0n) is 13.9. The van der Waals surface area contributed by atoms with Gasteiger partial charge in [-0.3, -0.25) is 4.79 Å². The molecular formula is C21H17NO4. The van der Waals surface area contributed by atoms with E-state index < -0.39 is 5.97 Å². The van der Waals surface area contributed by atoms with Gasteiger partial charge in [-0.25, -0.2) is 4.79 Å². The molecule has 5 heteroatoms. The highest BCUT2D eigenvalue weighted by molar-refractivity contribution is 6.01. The largest absolute Gasteiger partial charge is 0.478 e. The summed E-state index contributed by atoms with van der Waals surface area (Å²) in [5, 5.41) is 11.8. The van der Waals surface area contributed by atoms with E-state index in [4.69, 9.17) is 4.74 Å². The molecule has 130 valence electrons. The Morgan fingerprint density at radius 2 is 1.54 bits per heavy atom. The topological polar surface area (TPSA) is 75.6 Å². The normalized spacial score (nSPS) is 10.2. The zero-order valence-corrected chi connectivity index (χ0v) is 13.9. The van der Waals surface area contributed by atoms with Gasteiger partial charge in [0.25, 0.3) is 0 Å². The van der Waals surface area contributed by atoms with Crippen LogP contribution < -0.4 is 10.1 Å². The minimum absolute atomic E-state index is 0.0574. The summed E-state index contributed by atoms with van der Waals surface area (Å²) >= 11 is 0. The molecule has 26 heavy (non-hydrogen) atoms.